The fourth-order valence-corrected chi connectivity index (χ4v) is 2.61. The van der Waals surface area contributed by atoms with Crippen LogP contribution >= 0.6 is 0 Å². The zero-order valence-electron chi connectivity index (χ0n) is 12.4. The lowest BCUT2D eigenvalue weighted by molar-refractivity contribution is -0.145. The first kappa shape index (κ1) is 15.3. The van der Waals surface area contributed by atoms with Gasteiger partial charge < -0.3 is 15.5 Å². The number of imide groups is 1. The van der Waals surface area contributed by atoms with Gasteiger partial charge in [-0.25, -0.2) is 4.79 Å². The molecule has 0 aromatic carbocycles. The maximum atomic E-state index is 12.3. The fraction of sp³-hybridized carbons (Fsp3) is 0.692. The molecule has 0 radical (unpaired) electrons. The van der Waals surface area contributed by atoms with Gasteiger partial charge >= 0.3 is 6.03 Å². The van der Waals surface area contributed by atoms with E-state index in [1.807, 2.05) is 6.92 Å². The molecule has 0 aliphatic carbocycles. The van der Waals surface area contributed by atoms with E-state index in [2.05, 4.69) is 10.6 Å². The summed E-state index contributed by atoms with van der Waals surface area (Å²) in [6.07, 6.45) is 0.489. The standard InChI is InChI=1S/C13H20N4O4/c1-4-8-10(19)14-5-6-16(8)9(18)7-17-11(20)13(2,3)15-12(17)21/h8H,4-7H2,1-3H3,(H,14,19)(H,15,21). The fourth-order valence-electron chi connectivity index (χ4n) is 2.61. The zero-order chi connectivity index (χ0) is 15.8. The van der Waals surface area contributed by atoms with E-state index in [0.29, 0.717) is 19.5 Å². The van der Waals surface area contributed by atoms with E-state index in [-0.39, 0.29) is 12.5 Å². The number of rotatable bonds is 3. The molecule has 2 N–H and O–H groups in total. The molecule has 0 aromatic rings. The number of urea groups is 1. The van der Waals surface area contributed by atoms with Gasteiger partial charge in [0.2, 0.25) is 11.8 Å². The van der Waals surface area contributed by atoms with Crippen molar-refractivity contribution in [2.45, 2.75) is 38.8 Å². The summed E-state index contributed by atoms with van der Waals surface area (Å²) < 4.78 is 0. The van der Waals surface area contributed by atoms with Gasteiger partial charge in [0.1, 0.15) is 18.1 Å². The molecule has 2 saturated heterocycles. The van der Waals surface area contributed by atoms with E-state index < -0.39 is 29.4 Å². The first-order valence-corrected chi connectivity index (χ1v) is 6.99. The van der Waals surface area contributed by atoms with Crippen LogP contribution in [0.1, 0.15) is 27.2 Å². The second kappa shape index (κ2) is 5.34. The molecule has 8 heteroatoms. The Kier molecular flexibility index (Phi) is 3.89. The van der Waals surface area contributed by atoms with Crippen molar-refractivity contribution >= 4 is 23.8 Å². The SMILES string of the molecule is CCC1C(=O)NCCN1C(=O)CN1C(=O)NC(C)(C)C1=O. The highest BCUT2D eigenvalue weighted by atomic mass is 16.2. The zero-order valence-corrected chi connectivity index (χ0v) is 12.4. The largest absolute Gasteiger partial charge is 0.353 e. The Bertz CT molecular complexity index is 502. The summed E-state index contributed by atoms with van der Waals surface area (Å²) in [4.78, 5) is 50.3. The lowest BCUT2D eigenvalue weighted by Crippen LogP contribution is -2.59. The van der Waals surface area contributed by atoms with Crippen molar-refractivity contribution < 1.29 is 19.2 Å². The first-order valence-electron chi connectivity index (χ1n) is 6.99. The number of nitrogens with zero attached hydrogens (tertiary/aromatic N) is 2. The van der Waals surface area contributed by atoms with Crippen LogP contribution in [0.3, 0.4) is 0 Å². The number of nitrogens with one attached hydrogen (secondary N) is 2. The Morgan fingerprint density at radius 2 is 2.00 bits per heavy atom. The minimum absolute atomic E-state index is 0.199. The topological polar surface area (TPSA) is 98.8 Å². The minimum atomic E-state index is -0.999. The Labute approximate surface area is 122 Å². The highest BCUT2D eigenvalue weighted by Gasteiger charge is 2.45. The number of amides is 5. The number of hydrogen-bond acceptors (Lipinski definition) is 4. The maximum Gasteiger partial charge on any atom is 0.325 e. The van der Waals surface area contributed by atoms with E-state index >= 15 is 0 Å². The molecule has 0 spiro atoms. The highest BCUT2D eigenvalue weighted by Crippen LogP contribution is 2.17. The van der Waals surface area contributed by atoms with Crippen LogP contribution in [0.4, 0.5) is 4.79 Å². The van der Waals surface area contributed by atoms with Gasteiger partial charge in [0.25, 0.3) is 5.91 Å². The third-order valence-corrected chi connectivity index (χ3v) is 3.78. The Balaban J connectivity index is 2.09. The van der Waals surface area contributed by atoms with Crippen molar-refractivity contribution in [3.63, 3.8) is 0 Å². The van der Waals surface area contributed by atoms with Gasteiger partial charge in [-0.2, -0.15) is 0 Å². The smallest absolute Gasteiger partial charge is 0.325 e. The summed E-state index contributed by atoms with van der Waals surface area (Å²) in [6.45, 7) is 5.41. The molecular formula is C13H20N4O4. The van der Waals surface area contributed by atoms with Crippen molar-refractivity contribution in [2.24, 2.45) is 0 Å². The molecule has 1 atom stereocenters. The lowest BCUT2D eigenvalue weighted by Gasteiger charge is -2.35. The lowest BCUT2D eigenvalue weighted by atomic mass is 10.1. The molecule has 1 unspecified atom stereocenters. The van der Waals surface area contributed by atoms with Gasteiger partial charge in [-0.3, -0.25) is 19.3 Å². The molecule has 0 bridgehead atoms. The van der Waals surface area contributed by atoms with Crippen LogP contribution in [-0.2, 0) is 14.4 Å². The predicted octanol–water partition coefficient (Wildman–Crippen LogP) is -0.946. The Morgan fingerprint density at radius 3 is 2.52 bits per heavy atom. The molecule has 8 nitrogen and oxygen atoms in total. The first-order chi connectivity index (χ1) is 9.77. The van der Waals surface area contributed by atoms with Crippen LogP contribution in [0.25, 0.3) is 0 Å². The number of hydrogen-bond donors (Lipinski definition) is 2. The normalized spacial score (nSPS) is 24.9. The molecule has 21 heavy (non-hydrogen) atoms. The molecular weight excluding hydrogens is 276 g/mol. The third-order valence-electron chi connectivity index (χ3n) is 3.78. The summed E-state index contributed by atoms with van der Waals surface area (Å²) >= 11 is 0. The maximum absolute atomic E-state index is 12.3. The van der Waals surface area contributed by atoms with Crippen LogP contribution in [-0.4, -0.2) is 64.8 Å². The monoisotopic (exact) mass is 296 g/mol. The molecule has 5 amide bonds. The summed E-state index contributed by atoms with van der Waals surface area (Å²) in [5, 5.41) is 5.22. The van der Waals surface area contributed by atoms with E-state index in [1.54, 1.807) is 13.8 Å². The van der Waals surface area contributed by atoms with E-state index in [4.69, 9.17) is 0 Å². The quantitative estimate of drug-likeness (QED) is 0.656. The molecule has 2 rings (SSSR count). The third kappa shape index (κ3) is 2.70. The average Bonchev–Trinajstić information content (AvgIpc) is 2.60. The van der Waals surface area contributed by atoms with Crippen LogP contribution in [0.5, 0.6) is 0 Å². The highest BCUT2D eigenvalue weighted by molar-refractivity contribution is 6.08. The van der Waals surface area contributed by atoms with Crippen molar-refractivity contribution in [2.75, 3.05) is 19.6 Å². The molecule has 0 aromatic heterocycles. The number of carbonyl (C=O) groups is 4. The van der Waals surface area contributed by atoms with Gasteiger partial charge in [-0.15, -0.1) is 0 Å². The average molecular weight is 296 g/mol. The summed E-state index contributed by atoms with van der Waals surface area (Å²) in [6, 6.07) is -1.12. The van der Waals surface area contributed by atoms with Crippen LogP contribution in [0, 0.1) is 0 Å². The molecule has 116 valence electrons. The van der Waals surface area contributed by atoms with Crippen molar-refractivity contribution in [1.29, 1.82) is 0 Å². The van der Waals surface area contributed by atoms with E-state index in [0.717, 1.165) is 4.90 Å². The van der Waals surface area contributed by atoms with Crippen molar-refractivity contribution in [3.05, 3.63) is 0 Å². The molecule has 2 fully saturated rings. The molecule has 2 aliphatic heterocycles. The van der Waals surface area contributed by atoms with Gasteiger partial charge in [0.15, 0.2) is 0 Å². The van der Waals surface area contributed by atoms with Gasteiger partial charge in [0, 0.05) is 13.1 Å². The van der Waals surface area contributed by atoms with E-state index in [1.165, 1.54) is 4.90 Å². The summed E-state index contributed by atoms with van der Waals surface area (Å²) in [5.41, 5.74) is -0.999. The van der Waals surface area contributed by atoms with Crippen LogP contribution in [0.15, 0.2) is 0 Å². The van der Waals surface area contributed by atoms with Crippen molar-refractivity contribution in [1.82, 2.24) is 20.4 Å². The van der Waals surface area contributed by atoms with Crippen LogP contribution < -0.4 is 10.6 Å². The second-order valence-electron chi connectivity index (χ2n) is 5.75. The van der Waals surface area contributed by atoms with E-state index in [9.17, 15) is 19.2 Å². The van der Waals surface area contributed by atoms with Crippen molar-refractivity contribution in [3.8, 4) is 0 Å². The van der Waals surface area contributed by atoms with Gasteiger partial charge in [0.05, 0.1) is 0 Å². The molecule has 2 aliphatic rings. The Morgan fingerprint density at radius 1 is 1.33 bits per heavy atom. The predicted molar refractivity (Wildman–Crippen MR) is 73.1 cm³/mol. The van der Waals surface area contributed by atoms with Gasteiger partial charge in [-0.1, -0.05) is 6.92 Å². The van der Waals surface area contributed by atoms with Gasteiger partial charge in [-0.05, 0) is 20.3 Å². The molecule has 2 heterocycles. The molecule has 0 saturated carbocycles. The number of carbonyl (C=O) groups excluding carboxylic acids is 4. The summed E-state index contributed by atoms with van der Waals surface area (Å²) in [5.74, 6) is -1.03. The minimum Gasteiger partial charge on any atom is -0.353 e. The van der Waals surface area contributed by atoms with Crippen LogP contribution in [0.2, 0.25) is 0 Å². The Hall–Kier alpha value is -2.12. The second-order valence-corrected chi connectivity index (χ2v) is 5.75. The number of piperazine rings is 1. The summed E-state index contributed by atoms with van der Waals surface area (Å²) in [7, 11) is 0.